The van der Waals surface area contributed by atoms with Crippen LogP contribution in [0.1, 0.15) is 44.9 Å². The van der Waals surface area contributed by atoms with Gasteiger partial charge >= 0.3 is 6.18 Å². The van der Waals surface area contributed by atoms with Crippen molar-refractivity contribution in [1.29, 1.82) is 0 Å². The number of hydrogen-bond acceptors (Lipinski definition) is 6. The summed E-state index contributed by atoms with van der Waals surface area (Å²) in [6, 6.07) is -0.754. The van der Waals surface area contributed by atoms with Gasteiger partial charge in [0.15, 0.2) is 0 Å². The molecule has 7 nitrogen and oxygen atoms in total. The molecule has 0 bridgehead atoms. The highest BCUT2D eigenvalue weighted by Gasteiger charge is 2.48. The summed E-state index contributed by atoms with van der Waals surface area (Å²) < 4.78 is 64.6. The smallest absolute Gasteiger partial charge is 0.353 e. The summed E-state index contributed by atoms with van der Waals surface area (Å²) in [5, 5.41) is 2.02. The lowest BCUT2D eigenvalue weighted by Crippen LogP contribution is -2.55. The zero-order valence-electron chi connectivity index (χ0n) is 16.5. The molecule has 2 fully saturated rings. The third kappa shape index (κ3) is 5.54. The highest BCUT2D eigenvalue weighted by molar-refractivity contribution is 7.90. The lowest BCUT2D eigenvalue weighted by atomic mass is 9.90. The SMILES string of the molecule is CS(=O)(=O)c1nc(Cl)cc(N2CC(C(=O)NC3CCCCC3)CCC2C(F)(F)F)n1. The van der Waals surface area contributed by atoms with E-state index in [4.69, 9.17) is 11.6 Å². The number of rotatable bonds is 4. The minimum atomic E-state index is -4.58. The van der Waals surface area contributed by atoms with Crippen molar-refractivity contribution in [2.75, 3.05) is 17.7 Å². The Balaban J connectivity index is 1.86. The molecule has 1 saturated carbocycles. The van der Waals surface area contributed by atoms with Crippen LogP contribution in [0.15, 0.2) is 11.2 Å². The molecule has 1 N–H and O–H groups in total. The molecule has 1 saturated heterocycles. The molecule has 2 atom stereocenters. The molecule has 12 heteroatoms. The number of aromatic nitrogens is 2. The van der Waals surface area contributed by atoms with Crippen molar-refractivity contribution in [3.05, 3.63) is 11.2 Å². The Kier molecular flexibility index (Phi) is 6.81. The van der Waals surface area contributed by atoms with Gasteiger partial charge in [-0.3, -0.25) is 4.79 Å². The molecule has 2 unspecified atom stereocenters. The number of carbonyl (C=O) groups excluding carboxylic acids is 1. The largest absolute Gasteiger partial charge is 0.408 e. The maximum absolute atomic E-state index is 13.7. The number of alkyl halides is 3. The quantitative estimate of drug-likeness (QED) is 0.539. The monoisotopic (exact) mass is 468 g/mol. The van der Waals surface area contributed by atoms with Crippen LogP contribution in [0.3, 0.4) is 0 Å². The Hall–Kier alpha value is -1.62. The Morgan fingerprint density at radius 2 is 1.83 bits per heavy atom. The van der Waals surface area contributed by atoms with Crippen LogP contribution in [0, 0.1) is 5.92 Å². The third-order valence-corrected chi connectivity index (χ3v) is 6.61. The molecule has 30 heavy (non-hydrogen) atoms. The van der Waals surface area contributed by atoms with Gasteiger partial charge in [-0.1, -0.05) is 30.9 Å². The summed E-state index contributed by atoms with van der Waals surface area (Å²) in [7, 11) is -3.88. The van der Waals surface area contributed by atoms with Gasteiger partial charge < -0.3 is 10.2 Å². The van der Waals surface area contributed by atoms with Crippen LogP contribution < -0.4 is 10.2 Å². The molecule has 3 rings (SSSR count). The summed E-state index contributed by atoms with van der Waals surface area (Å²) in [6.07, 6.45) is 0.942. The van der Waals surface area contributed by atoms with E-state index < -0.39 is 33.1 Å². The summed E-state index contributed by atoms with van der Waals surface area (Å²) >= 11 is 5.86. The van der Waals surface area contributed by atoms with E-state index in [9.17, 15) is 26.4 Å². The number of amides is 1. The normalized spacial score (nSPS) is 24.0. The van der Waals surface area contributed by atoms with Crippen LogP contribution in [0.2, 0.25) is 5.15 Å². The molecule has 1 aliphatic heterocycles. The lowest BCUT2D eigenvalue weighted by molar-refractivity contribution is -0.156. The van der Waals surface area contributed by atoms with Gasteiger partial charge in [0.1, 0.15) is 17.0 Å². The summed E-state index contributed by atoms with van der Waals surface area (Å²) in [4.78, 5) is 21.1. The van der Waals surface area contributed by atoms with E-state index in [2.05, 4.69) is 15.3 Å². The van der Waals surface area contributed by atoms with Crippen molar-refractivity contribution in [2.45, 2.75) is 68.4 Å². The molecule has 2 aliphatic rings. The summed E-state index contributed by atoms with van der Waals surface area (Å²) in [6.45, 7) is -0.237. The third-order valence-electron chi connectivity index (χ3n) is 5.57. The van der Waals surface area contributed by atoms with Gasteiger partial charge in [0.2, 0.25) is 20.9 Å². The van der Waals surface area contributed by atoms with E-state index in [0.29, 0.717) is 0 Å². The van der Waals surface area contributed by atoms with Gasteiger partial charge in [-0.15, -0.1) is 0 Å². The molecule has 0 radical (unpaired) electrons. The zero-order valence-corrected chi connectivity index (χ0v) is 18.0. The number of halogens is 4. The van der Waals surface area contributed by atoms with Crippen molar-refractivity contribution in [1.82, 2.24) is 15.3 Å². The Morgan fingerprint density at radius 1 is 1.17 bits per heavy atom. The summed E-state index contributed by atoms with van der Waals surface area (Å²) in [5.41, 5.74) is 0. The first-order chi connectivity index (χ1) is 13.9. The standard InChI is InChI=1S/C18H24ClF3N4O3S/c1-30(28,29)17-24-14(19)9-15(25-17)26-10-11(7-8-13(26)18(20,21)22)16(27)23-12-5-3-2-4-6-12/h9,11-13H,2-8,10H2,1H3,(H,23,27). The number of carbonyl (C=O) groups is 1. The van der Waals surface area contributed by atoms with E-state index in [1.54, 1.807) is 0 Å². The molecule has 168 valence electrons. The first-order valence-electron chi connectivity index (χ1n) is 9.83. The van der Waals surface area contributed by atoms with Gasteiger partial charge in [0.05, 0.1) is 5.92 Å². The van der Waals surface area contributed by atoms with Crippen molar-refractivity contribution in [3.63, 3.8) is 0 Å². The van der Waals surface area contributed by atoms with Gasteiger partial charge in [-0.25, -0.2) is 18.4 Å². The fourth-order valence-electron chi connectivity index (χ4n) is 4.04. The molecule has 0 aromatic carbocycles. The van der Waals surface area contributed by atoms with Crippen LogP contribution in [0.4, 0.5) is 19.0 Å². The minimum Gasteiger partial charge on any atom is -0.353 e. The number of anilines is 1. The Bertz CT molecular complexity index is 891. The topological polar surface area (TPSA) is 92.3 Å². The van der Waals surface area contributed by atoms with Crippen LogP contribution in [0.25, 0.3) is 0 Å². The molecular formula is C18H24ClF3N4O3S. The van der Waals surface area contributed by atoms with Crippen molar-refractivity contribution in [2.24, 2.45) is 5.92 Å². The fraction of sp³-hybridized carbons (Fsp3) is 0.722. The number of nitrogens with zero attached hydrogens (tertiary/aromatic N) is 3. The van der Waals surface area contributed by atoms with Gasteiger partial charge in [0.25, 0.3) is 0 Å². The summed E-state index contributed by atoms with van der Waals surface area (Å²) in [5.74, 6) is -1.20. The lowest BCUT2D eigenvalue weighted by Gasteiger charge is -2.41. The molecular weight excluding hydrogens is 445 g/mol. The average Bonchev–Trinajstić information content (AvgIpc) is 2.66. The second-order valence-corrected chi connectivity index (χ2v) is 10.2. The first-order valence-corrected chi connectivity index (χ1v) is 12.1. The second-order valence-electron chi connectivity index (χ2n) is 7.93. The van der Waals surface area contributed by atoms with E-state index in [-0.39, 0.29) is 42.3 Å². The van der Waals surface area contributed by atoms with Crippen LogP contribution in [-0.2, 0) is 14.6 Å². The first kappa shape index (κ1) is 23.1. The molecule has 0 spiro atoms. The van der Waals surface area contributed by atoms with Crippen molar-refractivity contribution in [3.8, 4) is 0 Å². The highest BCUT2D eigenvalue weighted by atomic mass is 35.5. The van der Waals surface area contributed by atoms with Crippen LogP contribution >= 0.6 is 11.6 Å². The second kappa shape index (κ2) is 8.86. The Labute approximate surface area is 178 Å². The van der Waals surface area contributed by atoms with Gasteiger partial charge in [-0.2, -0.15) is 13.2 Å². The fourth-order valence-corrected chi connectivity index (χ4v) is 4.79. The number of piperidine rings is 1. The molecule has 1 aromatic heterocycles. The van der Waals surface area contributed by atoms with E-state index >= 15 is 0 Å². The van der Waals surface area contributed by atoms with Crippen LogP contribution in [-0.4, -0.2) is 55.4 Å². The predicted molar refractivity (Wildman–Crippen MR) is 105 cm³/mol. The maximum atomic E-state index is 13.7. The van der Waals surface area contributed by atoms with E-state index in [1.165, 1.54) is 0 Å². The molecule has 1 aromatic rings. The number of sulfone groups is 1. The highest BCUT2D eigenvalue weighted by Crippen LogP contribution is 2.37. The molecule has 1 amide bonds. The Morgan fingerprint density at radius 3 is 2.43 bits per heavy atom. The average molecular weight is 469 g/mol. The minimum absolute atomic E-state index is 0.0466. The number of nitrogens with one attached hydrogen (secondary N) is 1. The van der Waals surface area contributed by atoms with Crippen molar-refractivity contribution < 1.29 is 26.4 Å². The van der Waals surface area contributed by atoms with Crippen molar-refractivity contribution >= 4 is 33.2 Å². The van der Waals surface area contributed by atoms with Gasteiger partial charge in [-0.05, 0) is 25.7 Å². The van der Waals surface area contributed by atoms with E-state index in [1.807, 2.05) is 0 Å². The maximum Gasteiger partial charge on any atom is 0.408 e. The van der Waals surface area contributed by atoms with Crippen LogP contribution in [0.5, 0.6) is 0 Å². The van der Waals surface area contributed by atoms with E-state index in [0.717, 1.165) is 49.3 Å². The van der Waals surface area contributed by atoms with Gasteiger partial charge in [0, 0.05) is 24.9 Å². The molecule has 1 aliphatic carbocycles. The molecule has 2 heterocycles. The predicted octanol–water partition coefficient (Wildman–Crippen LogP) is 3.13. The number of hydrogen-bond donors (Lipinski definition) is 1. The zero-order chi connectivity index (χ0) is 22.1.